The summed E-state index contributed by atoms with van der Waals surface area (Å²) < 4.78 is 10.9. The van der Waals surface area contributed by atoms with Crippen LogP contribution in [-0.2, 0) is 14.3 Å². The number of nitrogens with zero attached hydrogens (tertiary/aromatic N) is 2. The van der Waals surface area contributed by atoms with Gasteiger partial charge >= 0.3 is 0 Å². The average molecular weight is 282 g/mol. The van der Waals surface area contributed by atoms with Crippen LogP contribution in [-0.4, -0.2) is 72.8 Å². The Kier molecular flexibility index (Phi) is 4.29. The lowest BCUT2D eigenvalue weighted by atomic mass is 10.1. The number of hydrogen-bond acceptors (Lipinski definition) is 4. The maximum Gasteiger partial charge on any atom is 0.254 e. The number of carbonyl (C=O) groups excluding carboxylic acids is 1. The number of likely N-dealkylation sites (tertiary alicyclic amines) is 1. The van der Waals surface area contributed by atoms with E-state index in [1.54, 1.807) is 0 Å². The third-order valence-electron chi connectivity index (χ3n) is 4.84. The van der Waals surface area contributed by atoms with Crippen LogP contribution in [0.3, 0.4) is 0 Å². The normalized spacial score (nSPS) is 35.4. The molecule has 0 aromatic carbocycles. The van der Waals surface area contributed by atoms with Gasteiger partial charge in [0.2, 0.25) is 0 Å². The van der Waals surface area contributed by atoms with E-state index in [0.717, 1.165) is 19.5 Å². The number of rotatable bonds is 2. The van der Waals surface area contributed by atoms with Crippen LogP contribution in [0.4, 0.5) is 0 Å². The fourth-order valence-corrected chi connectivity index (χ4v) is 3.99. The van der Waals surface area contributed by atoms with Gasteiger partial charge in [-0.15, -0.1) is 0 Å². The van der Waals surface area contributed by atoms with Crippen molar-refractivity contribution in [1.82, 2.24) is 9.80 Å². The Morgan fingerprint density at radius 1 is 1.15 bits per heavy atom. The number of carbonyl (C=O) groups is 1. The van der Waals surface area contributed by atoms with Gasteiger partial charge in [-0.1, -0.05) is 0 Å². The molecule has 0 N–H and O–H groups in total. The zero-order valence-electron chi connectivity index (χ0n) is 12.6. The largest absolute Gasteiger partial charge is 0.376 e. The Morgan fingerprint density at radius 3 is 2.65 bits per heavy atom. The molecular weight excluding hydrogens is 256 g/mol. The summed E-state index contributed by atoms with van der Waals surface area (Å²) in [6.45, 7) is 7.81. The van der Waals surface area contributed by atoms with Crippen LogP contribution in [0.1, 0.15) is 33.1 Å². The molecule has 3 unspecified atom stereocenters. The van der Waals surface area contributed by atoms with Crippen molar-refractivity contribution in [1.29, 1.82) is 0 Å². The molecule has 3 rings (SSSR count). The zero-order valence-corrected chi connectivity index (χ0v) is 12.6. The molecule has 0 radical (unpaired) electrons. The summed E-state index contributed by atoms with van der Waals surface area (Å²) in [5, 5.41) is 0. The lowest BCUT2D eigenvalue weighted by Gasteiger charge is -2.33. The Labute approximate surface area is 121 Å². The summed E-state index contributed by atoms with van der Waals surface area (Å²) in [5.74, 6) is 0.126. The van der Waals surface area contributed by atoms with E-state index in [1.807, 2.05) is 4.90 Å². The third-order valence-corrected chi connectivity index (χ3v) is 4.84. The molecule has 114 valence electrons. The first-order valence-electron chi connectivity index (χ1n) is 7.92. The predicted molar refractivity (Wildman–Crippen MR) is 75.5 cm³/mol. The highest BCUT2D eigenvalue weighted by Crippen LogP contribution is 2.32. The molecule has 3 atom stereocenters. The summed E-state index contributed by atoms with van der Waals surface area (Å²) in [5.41, 5.74) is 0. The number of ether oxygens (including phenoxy) is 2. The average Bonchev–Trinajstić information content (AvgIpc) is 2.74. The molecule has 3 aliphatic heterocycles. The molecular formula is C15H26N2O3. The van der Waals surface area contributed by atoms with Gasteiger partial charge < -0.3 is 14.4 Å². The van der Waals surface area contributed by atoms with Crippen molar-refractivity contribution in [2.45, 2.75) is 57.3 Å². The van der Waals surface area contributed by atoms with Gasteiger partial charge in [-0.2, -0.15) is 0 Å². The van der Waals surface area contributed by atoms with E-state index in [2.05, 4.69) is 18.7 Å². The van der Waals surface area contributed by atoms with E-state index in [0.29, 0.717) is 37.9 Å². The molecule has 20 heavy (non-hydrogen) atoms. The third kappa shape index (κ3) is 2.71. The molecule has 3 fully saturated rings. The van der Waals surface area contributed by atoms with Crippen LogP contribution in [0.25, 0.3) is 0 Å². The van der Waals surface area contributed by atoms with Crippen LogP contribution < -0.4 is 0 Å². The summed E-state index contributed by atoms with van der Waals surface area (Å²) in [4.78, 5) is 17.2. The minimum absolute atomic E-state index is 0.126. The highest BCUT2D eigenvalue weighted by atomic mass is 16.6. The van der Waals surface area contributed by atoms with Crippen LogP contribution in [0.5, 0.6) is 0 Å². The monoisotopic (exact) mass is 282 g/mol. The first-order chi connectivity index (χ1) is 9.66. The van der Waals surface area contributed by atoms with Crippen LogP contribution in [0, 0.1) is 0 Å². The molecule has 3 saturated heterocycles. The van der Waals surface area contributed by atoms with Gasteiger partial charge in [-0.25, -0.2) is 0 Å². The fourth-order valence-electron chi connectivity index (χ4n) is 3.99. The van der Waals surface area contributed by atoms with Crippen molar-refractivity contribution in [3.63, 3.8) is 0 Å². The highest BCUT2D eigenvalue weighted by Gasteiger charge is 2.40. The summed E-state index contributed by atoms with van der Waals surface area (Å²) >= 11 is 0. The van der Waals surface area contributed by atoms with E-state index >= 15 is 0 Å². The quantitative estimate of drug-likeness (QED) is 0.754. The van der Waals surface area contributed by atoms with Gasteiger partial charge in [0.25, 0.3) is 5.91 Å². The first-order valence-corrected chi connectivity index (χ1v) is 7.92. The van der Waals surface area contributed by atoms with Crippen molar-refractivity contribution in [3.8, 4) is 0 Å². The van der Waals surface area contributed by atoms with Crippen LogP contribution in [0.2, 0.25) is 0 Å². The summed E-state index contributed by atoms with van der Waals surface area (Å²) in [7, 11) is 0. The molecule has 3 aliphatic rings. The van der Waals surface area contributed by atoms with Crippen molar-refractivity contribution in [2.24, 2.45) is 0 Å². The maximum absolute atomic E-state index is 12.6. The Balaban J connectivity index is 1.66. The molecule has 5 nitrogen and oxygen atoms in total. The summed E-state index contributed by atoms with van der Waals surface area (Å²) in [6.07, 6.45) is 3.21. The molecule has 5 heteroatoms. The van der Waals surface area contributed by atoms with E-state index < -0.39 is 0 Å². The van der Waals surface area contributed by atoms with E-state index in [4.69, 9.17) is 9.47 Å². The minimum atomic E-state index is -0.382. The lowest BCUT2D eigenvalue weighted by molar-refractivity contribution is -0.158. The first kappa shape index (κ1) is 14.3. The van der Waals surface area contributed by atoms with Gasteiger partial charge in [0.1, 0.15) is 0 Å². The van der Waals surface area contributed by atoms with Crippen molar-refractivity contribution in [3.05, 3.63) is 0 Å². The Hall–Kier alpha value is -0.650. The molecule has 0 aromatic rings. The van der Waals surface area contributed by atoms with Gasteiger partial charge in [0.15, 0.2) is 6.10 Å². The second kappa shape index (κ2) is 6.00. The SMILES string of the molecule is CC(C)N1C2CCC1CN(C(=O)C1COCCO1)CC2. The minimum Gasteiger partial charge on any atom is -0.376 e. The second-order valence-corrected chi connectivity index (χ2v) is 6.43. The summed E-state index contributed by atoms with van der Waals surface area (Å²) in [6, 6.07) is 1.74. The molecule has 0 aromatic heterocycles. The molecule has 0 spiro atoms. The van der Waals surface area contributed by atoms with E-state index in [1.165, 1.54) is 12.8 Å². The topological polar surface area (TPSA) is 42.0 Å². The van der Waals surface area contributed by atoms with Gasteiger partial charge in [0.05, 0.1) is 19.8 Å². The van der Waals surface area contributed by atoms with Crippen molar-refractivity contribution < 1.29 is 14.3 Å². The second-order valence-electron chi connectivity index (χ2n) is 6.43. The highest BCUT2D eigenvalue weighted by molar-refractivity contribution is 5.81. The predicted octanol–water partition coefficient (Wildman–Crippen LogP) is 0.875. The van der Waals surface area contributed by atoms with Gasteiger partial charge in [-0.3, -0.25) is 9.69 Å². The fraction of sp³-hybridized carbons (Fsp3) is 0.933. The molecule has 0 saturated carbocycles. The maximum atomic E-state index is 12.6. The van der Waals surface area contributed by atoms with Crippen LogP contribution >= 0.6 is 0 Å². The Bertz CT molecular complexity index is 355. The van der Waals surface area contributed by atoms with Crippen LogP contribution in [0.15, 0.2) is 0 Å². The number of amides is 1. The smallest absolute Gasteiger partial charge is 0.254 e. The zero-order chi connectivity index (χ0) is 14.1. The van der Waals surface area contributed by atoms with Gasteiger partial charge in [-0.05, 0) is 33.1 Å². The molecule has 1 amide bonds. The van der Waals surface area contributed by atoms with E-state index in [9.17, 15) is 4.79 Å². The number of hydrogen-bond donors (Lipinski definition) is 0. The van der Waals surface area contributed by atoms with Crippen molar-refractivity contribution in [2.75, 3.05) is 32.9 Å². The molecule has 3 heterocycles. The van der Waals surface area contributed by atoms with Crippen molar-refractivity contribution >= 4 is 5.91 Å². The number of fused-ring (bicyclic) bond motifs is 2. The molecule has 2 bridgehead atoms. The van der Waals surface area contributed by atoms with Gasteiger partial charge in [0, 0.05) is 31.2 Å². The lowest BCUT2D eigenvalue weighted by Crippen LogP contribution is -2.49. The standard InChI is InChI=1S/C15H26N2O3/c1-11(2)17-12-3-4-13(17)9-16(6-5-12)15(18)14-10-19-7-8-20-14/h11-14H,3-10H2,1-2H3. The van der Waals surface area contributed by atoms with E-state index in [-0.39, 0.29) is 12.0 Å². The Morgan fingerprint density at radius 2 is 1.95 bits per heavy atom. The molecule has 0 aliphatic carbocycles.